The van der Waals surface area contributed by atoms with Crippen LogP contribution in [0.1, 0.15) is 35.7 Å². The maximum absolute atomic E-state index is 12.2. The maximum atomic E-state index is 12.2. The van der Waals surface area contributed by atoms with Crippen molar-refractivity contribution in [1.29, 1.82) is 5.26 Å². The third-order valence-electron chi connectivity index (χ3n) is 3.95. The van der Waals surface area contributed by atoms with Crippen LogP contribution in [0.3, 0.4) is 0 Å². The number of nitriles is 1. The smallest absolute Gasteiger partial charge is 0.267 e. The number of nitrogens with two attached hydrogens (primary N) is 1. The van der Waals surface area contributed by atoms with Gasteiger partial charge in [0.15, 0.2) is 0 Å². The van der Waals surface area contributed by atoms with Crippen molar-refractivity contribution >= 4 is 23.2 Å². The van der Waals surface area contributed by atoms with Gasteiger partial charge in [-0.3, -0.25) is 9.59 Å². The molecule has 0 aliphatic heterocycles. The molecule has 0 saturated heterocycles. The van der Waals surface area contributed by atoms with E-state index in [0.29, 0.717) is 11.4 Å². The van der Waals surface area contributed by atoms with Crippen molar-refractivity contribution in [2.45, 2.75) is 26.2 Å². The molecule has 0 aromatic heterocycles. The first-order valence-electron chi connectivity index (χ1n) is 8.71. The first-order chi connectivity index (χ1) is 13.0. The minimum Gasteiger partial charge on any atom is -0.398 e. The van der Waals surface area contributed by atoms with Gasteiger partial charge in [0, 0.05) is 17.6 Å². The van der Waals surface area contributed by atoms with Crippen LogP contribution in [0.2, 0.25) is 0 Å². The van der Waals surface area contributed by atoms with Gasteiger partial charge in [-0.2, -0.15) is 5.26 Å². The number of benzene rings is 2. The Morgan fingerprint density at radius 2 is 1.85 bits per heavy atom. The van der Waals surface area contributed by atoms with E-state index < -0.39 is 11.8 Å². The number of para-hydroxylation sites is 1. The predicted molar refractivity (Wildman–Crippen MR) is 106 cm³/mol. The number of carbonyl (C=O) groups excluding carboxylic acids is 2. The molecule has 0 radical (unpaired) electrons. The average Bonchev–Trinajstić information content (AvgIpc) is 2.68. The number of unbranched alkanes of at least 4 members (excludes halogenated alkanes) is 1. The summed E-state index contributed by atoms with van der Waals surface area (Å²) in [7, 11) is 0. The van der Waals surface area contributed by atoms with Gasteiger partial charge in [-0.25, -0.2) is 0 Å². The van der Waals surface area contributed by atoms with E-state index in [1.807, 2.05) is 12.1 Å². The summed E-state index contributed by atoms with van der Waals surface area (Å²) in [5.74, 6) is -1.09. The summed E-state index contributed by atoms with van der Waals surface area (Å²) in [6, 6.07) is 15.8. The largest absolute Gasteiger partial charge is 0.398 e. The predicted octanol–water partition coefficient (Wildman–Crippen LogP) is 3.39. The van der Waals surface area contributed by atoms with Crippen molar-refractivity contribution in [2.75, 3.05) is 11.1 Å². The number of nitrogens with zero attached hydrogens (tertiary/aromatic N) is 1. The molecule has 6 nitrogen and oxygen atoms in total. The zero-order chi connectivity index (χ0) is 19.6. The molecule has 2 amide bonds. The second kappa shape index (κ2) is 9.78. The molecule has 0 unspecified atom stereocenters. The fourth-order valence-corrected chi connectivity index (χ4v) is 2.40. The van der Waals surface area contributed by atoms with Gasteiger partial charge in [-0.05, 0) is 42.7 Å². The monoisotopic (exact) mass is 362 g/mol. The number of hydrogen-bond acceptors (Lipinski definition) is 4. The van der Waals surface area contributed by atoms with E-state index >= 15 is 0 Å². The first-order valence-corrected chi connectivity index (χ1v) is 8.71. The number of nitrogens with one attached hydrogen (secondary N) is 2. The minimum atomic E-state index is -0.597. The molecule has 2 aromatic carbocycles. The lowest BCUT2D eigenvalue weighted by molar-refractivity contribution is -0.112. The Kier molecular flexibility index (Phi) is 7.15. The van der Waals surface area contributed by atoms with Crippen LogP contribution in [0.25, 0.3) is 0 Å². The fourth-order valence-electron chi connectivity index (χ4n) is 2.40. The highest BCUT2D eigenvalue weighted by Crippen LogP contribution is 2.13. The highest BCUT2D eigenvalue weighted by Gasteiger charge is 2.12. The Labute approximate surface area is 158 Å². The van der Waals surface area contributed by atoms with Crippen molar-refractivity contribution in [1.82, 2.24) is 5.32 Å². The first kappa shape index (κ1) is 19.7. The summed E-state index contributed by atoms with van der Waals surface area (Å²) in [4.78, 5) is 24.4. The van der Waals surface area contributed by atoms with Crippen molar-refractivity contribution in [2.24, 2.45) is 0 Å². The van der Waals surface area contributed by atoms with Gasteiger partial charge < -0.3 is 16.4 Å². The van der Waals surface area contributed by atoms with E-state index in [-0.39, 0.29) is 11.1 Å². The summed E-state index contributed by atoms with van der Waals surface area (Å²) in [6.45, 7) is 2.13. The molecule has 0 heterocycles. The molecular weight excluding hydrogens is 340 g/mol. The molecular formula is C21H22N4O2. The van der Waals surface area contributed by atoms with Gasteiger partial charge in [0.1, 0.15) is 11.6 Å². The summed E-state index contributed by atoms with van der Waals surface area (Å²) in [5, 5.41) is 14.3. The van der Waals surface area contributed by atoms with Gasteiger partial charge in [0.05, 0.1) is 5.56 Å². The summed E-state index contributed by atoms with van der Waals surface area (Å²) in [6.07, 6.45) is 4.30. The normalized spacial score (nSPS) is 10.7. The molecule has 2 rings (SSSR count). The van der Waals surface area contributed by atoms with Crippen LogP contribution < -0.4 is 16.4 Å². The maximum Gasteiger partial charge on any atom is 0.267 e. The van der Waals surface area contributed by atoms with E-state index in [9.17, 15) is 14.9 Å². The van der Waals surface area contributed by atoms with E-state index in [1.165, 1.54) is 5.56 Å². The molecule has 4 N–H and O–H groups in total. The van der Waals surface area contributed by atoms with Gasteiger partial charge in [-0.15, -0.1) is 0 Å². The van der Waals surface area contributed by atoms with E-state index in [2.05, 4.69) is 17.6 Å². The third-order valence-corrected chi connectivity index (χ3v) is 3.95. The van der Waals surface area contributed by atoms with Gasteiger partial charge in [-0.1, -0.05) is 37.6 Å². The minimum absolute atomic E-state index is 0.215. The Hall–Kier alpha value is -3.59. The highest BCUT2D eigenvalue weighted by molar-refractivity contribution is 6.07. The zero-order valence-electron chi connectivity index (χ0n) is 15.2. The molecule has 0 bridgehead atoms. The van der Waals surface area contributed by atoms with Crippen LogP contribution in [0.4, 0.5) is 11.4 Å². The number of hydrogen-bond donors (Lipinski definition) is 3. The van der Waals surface area contributed by atoms with Gasteiger partial charge in [0.25, 0.3) is 11.8 Å². The van der Waals surface area contributed by atoms with Gasteiger partial charge in [0.2, 0.25) is 0 Å². The highest BCUT2D eigenvalue weighted by atomic mass is 16.2. The molecule has 6 heteroatoms. The number of nitrogen functional groups attached to an aromatic ring is 1. The second-order valence-electron chi connectivity index (χ2n) is 5.99. The lowest BCUT2D eigenvalue weighted by Gasteiger charge is -2.07. The van der Waals surface area contributed by atoms with E-state index in [4.69, 9.17) is 5.73 Å². The summed E-state index contributed by atoms with van der Waals surface area (Å²) < 4.78 is 0. The summed E-state index contributed by atoms with van der Waals surface area (Å²) >= 11 is 0. The Morgan fingerprint density at radius 3 is 2.48 bits per heavy atom. The Bertz CT molecular complexity index is 880. The molecule has 27 heavy (non-hydrogen) atoms. The van der Waals surface area contributed by atoms with Crippen molar-refractivity contribution < 1.29 is 9.59 Å². The van der Waals surface area contributed by atoms with Crippen LogP contribution in [-0.4, -0.2) is 11.8 Å². The number of rotatable bonds is 7. The van der Waals surface area contributed by atoms with Crippen molar-refractivity contribution in [3.05, 3.63) is 71.4 Å². The SMILES string of the molecule is CCCCc1ccc(NC(=O)/C(C#N)=C\NC(=O)c2ccccc2N)cc1. The molecule has 0 atom stereocenters. The van der Waals surface area contributed by atoms with E-state index in [0.717, 1.165) is 25.5 Å². The molecule has 0 saturated carbocycles. The van der Waals surface area contributed by atoms with Crippen molar-refractivity contribution in [3.8, 4) is 6.07 Å². The standard InChI is InChI=1S/C21H22N4O2/c1-2-3-6-15-9-11-17(12-10-15)25-20(26)16(13-22)14-24-21(27)18-7-4-5-8-19(18)23/h4-5,7-12,14H,2-3,6,23H2,1H3,(H,24,27)(H,25,26)/b16-14-. The quantitative estimate of drug-likeness (QED) is 0.398. The fraction of sp³-hybridized carbons (Fsp3) is 0.190. The summed E-state index contributed by atoms with van der Waals surface area (Å²) in [5.41, 5.74) is 7.89. The van der Waals surface area contributed by atoms with Crippen LogP contribution in [-0.2, 0) is 11.2 Å². The molecule has 2 aromatic rings. The van der Waals surface area contributed by atoms with Gasteiger partial charge >= 0.3 is 0 Å². The zero-order valence-corrected chi connectivity index (χ0v) is 15.2. The molecule has 0 spiro atoms. The molecule has 0 aliphatic carbocycles. The van der Waals surface area contributed by atoms with Crippen LogP contribution in [0.5, 0.6) is 0 Å². The Balaban J connectivity index is 2.01. The number of carbonyl (C=O) groups is 2. The Morgan fingerprint density at radius 1 is 1.15 bits per heavy atom. The molecule has 138 valence electrons. The van der Waals surface area contributed by atoms with Crippen LogP contribution in [0.15, 0.2) is 60.3 Å². The second-order valence-corrected chi connectivity index (χ2v) is 5.99. The van der Waals surface area contributed by atoms with Crippen molar-refractivity contribution in [3.63, 3.8) is 0 Å². The lowest BCUT2D eigenvalue weighted by atomic mass is 10.1. The van der Waals surface area contributed by atoms with Crippen LogP contribution in [0, 0.1) is 11.3 Å². The third kappa shape index (κ3) is 5.72. The van der Waals surface area contributed by atoms with Crippen LogP contribution >= 0.6 is 0 Å². The molecule has 0 fully saturated rings. The number of aryl methyl sites for hydroxylation is 1. The number of amides is 2. The topological polar surface area (TPSA) is 108 Å². The lowest BCUT2D eigenvalue weighted by Crippen LogP contribution is -2.22. The molecule has 0 aliphatic rings. The van der Waals surface area contributed by atoms with E-state index in [1.54, 1.807) is 42.5 Å². The number of anilines is 2. The average molecular weight is 362 g/mol.